The van der Waals surface area contributed by atoms with Crippen molar-refractivity contribution in [1.29, 1.82) is 0 Å². The van der Waals surface area contributed by atoms with Crippen LogP contribution in [0.5, 0.6) is 5.75 Å². The van der Waals surface area contributed by atoms with Crippen molar-refractivity contribution < 1.29 is 14.3 Å². The molecule has 1 aliphatic carbocycles. The van der Waals surface area contributed by atoms with Gasteiger partial charge in [0.1, 0.15) is 12.4 Å². The summed E-state index contributed by atoms with van der Waals surface area (Å²) in [4.78, 5) is 11.4. The molecule has 1 saturated carbocycles. The van der Waals surface area contributed by atoms with E-state index in [0.717, 1.165) is 18.4 Å². The van der Waals surface area contributed by atoms with Gasteiger partial charge in [-0.2, -0.15) is 0 Å². The number of methoxy groups -OCH3 is 1. The Labute approximate surface area is 113 Å². The Kier molecular flexibility index (Phi) is 4.59. The molecule has 4 nitrogen and oxygen atoms in total. The van der Waals surface area contributed by atoms with Crippen LogP contribution in [0.4, 0.5) is 0 Å². The lowest BCUT2D eigenvalue weighted by Crippen LogP contribution is -2.30. The monoisotopic (exact) mass is 271 g/mol. The first kappa shape index (κ1) is 14.8. The fourth-order valence-electron chi connectivity index (χ4n) is 1.53. The van der Waals surface area contributed by atoms with Gasteiger partial charge < -0.3 is 15.2 Å². The molecule has 0 saturated heterocycles. The smallest absolute Gasteiger partial charge is 0.337 e. The molecular formula is C13H18ClNO3. The van der Waals surface area contributed by atoms with Gasteiger partial charge >= 0.3 is 5.97 Å². The van der Waals surface area contributed by atoms with Crippen molar-refractivity contribution in [1.82, 2.24) is 0 Å². The number of aryl methyl sites for hydroxylation is 1. The molecule has 0 heterocycles. The van der Waals surface area contributed by atoms with Gasteiger partial charge in [0.15, 0.2) is 0 Å². The molecule has 0 aliphatic heterocycles. The molecule has 1 fully saturated rings. The van der Waals surface area contributed by atoms with E-state index in [1.54, 1.807) is 12.1 Å². The summed E-state index contributed by atoms with van der Waals surface area (Å²) in [5.74, 6) is 0.341. The number of ether oxygens (including phenoxy) is 2. The van der Waals surface area contributed by atoms with Crippen molar-refractivity contribution in [2.24, 2.45) is 5.73 Å². The summed E-state index contributed by atoms with van der Waals surface area (Å²) in [6, 6.07) is 5.27. The van der Waals surface area contributed by atoms with Gasteiger partial charge in [-0.25, -0.2) is 4.79 Å². The second-order valence-corrected chi connectivity index (χ2v) is 4.62. The van der Waals surface area contributed by atoms with Crippen LogP contribution in [0.3, 0.4) is 0 Å². The van der Waals surface area contributed by atoms with Crippen LogP contribution < -0.4 is 10.5 Å². The first-order chi connectivity index (χ1) is 8.04. The van der Waals surface area contributed by atoms with Gasteiger partial charge in [0.05, 0.1) is 18.2 Å². The third kappa shape index (κ3) is 3.37. The summed E-state index contributed by atoms with van der Waals surface area (Å²) in [7, 11) is 1.36. The maximum Gasteiger partial charge on any atom is 0.337 e. The standard InChI is InChI=1S/C13H17NO3.ClH/c1-9-3-4-10(12(15)16-2)7-11(9)17-8-13(14)5-6-13;/h3-4,7H,5-6,8,14H2,1-2H3;1H. The topological polar surface area (TPSA) is 61.5 Å². The lowest BCUT2D eigenvalue weighted by atomic mass is 10.1. The third-order valence-corrected chi connectivity index (χ3v) is 3.02. The van der Waals surface area contributed by atoms with Crippen molar-refractivity contribution >= 4 is 18.4 Å². The Morgan fingerprint density at radius 1 is 1.44 bits per heavy atom. The lowest BCUT2D eigenvalue weighted by molar-refractivity contribution is 0.0600. The van der Waals surface area contributed by atoms with Crippen molar-refractivity contribution in [3.8, 4) is 5.75 Å². The second-order valence-electron chi connectivity index (χ2n) is 4.62. The quantitative estimate of drug-likeness (QED) is 0.852. The Hall–Kier alpha value is -1.26. The van der Waals surface area contributed by atoms with Crippen molar-refractivity contribution in [2.45, 2.75) is 25.3 Å². The Balaban J connectivity index is 0.00000162. The number of benzene rings is 1. The van der Waals surface area contributed by atoms with Crippen LogP contribution in [0.2, 0.25) is 0 Å². The first-order valence-corrected chi connectivity index (χ1v) is 5.65. The van der Waals surface area contributed by atoms with E-state index in [1.165, 1.54) is 7.11 Å². The maximum absolute atomic E-state index is 11.4. The van der Waals surface area contributed by atoms with Crippen molar-refractivity contribution in [3.63, 3.8) is 0 Å². The number of carbonyl (C=O) groups excluding carboxylic acids is 1. The molecule has 1 aromatic rings. The van der Waals surface area contributed by atoms with Gasteiger partial charge in [0.25, 0.3) is 0 Å². The van der Waals surface area contributed by atoms with Crippen LogP contribution in [0.1, 0.15) is 28.8 Å². The fourth-order valence-corrected chi connectivity index (χ4v) is 1.53. The van der Waals surface area contributed by atoms with Gasteiger partial charge in [0.2, 0.25) is 0 Å². The summed E-state index contributed by atoms with van der Waals surface area (Å²) in [6.45, 7) is 2.44. The molecule has 1 aliphatic rings. The third-order valence-electron chi connectivity index (χ3n) is 3.02. The van der Waals surface area contributed by atoms with Crippen LogP contribution in [0.15, 0.2) is 18.2 Å². The molecule has 0 bridgehead atoms. The van der Waals surface area contributed by atoms with Crippen LogP contribution in [0.25, 0.3) is 0 Å². The summed E-state index contributed by atoms with van der Waals surface area (Å²) < 4.78 is 10.3. The molecule has 0 spiro atoms. The summed E-state index contributed by atoms with van der Waals surface area (Å²) in [5, 5.41) is 0. The highest BCUT2D eigenvalue weighted by Gasteiger charge is 2.39. The number of halogens is 1. The fraction of sp³-hybridized carbons (Fsp3) is 0.462. The van der Waals surface area contributed by atoms with Gasteiger partial charge in [-0.05, 0) is 37.5 Å². The Morgan fingerprint density at radius 2 is 2.11 bits per heavy atom. The van der Waals surface area contributed by atoms with Gasteiger partial charge in [-0.3, -0.25) is 0 Å². The van der Waals surface area contributed by atoms with E-state index in [2.05, 4.69) is 4.74 Å². The molecule has 0 amide bonds. The van der Waals surface area contributed by atoms with Crippen LogP contribution >= 0.6 is 12.4 Å². The zero-order valence-electron chi connectivity index (χ0n) is 10.6. The summed E-state index contributed by atoms with van der Waals surface area (Å²) in [5.41, 5.74) is 7.28. The van der Waals surface area contributed by atoms with Gasteiger partial charge in [0, 0.05) is 0 Å². The molecule has 0 radical (unpaired) electrons. The average Bonchev–Trinajstić information content (AvgIpc) is 3.06. The number of esters is 1. The second kappa shape index (κ2) is 5.59. The van der Waals surface area contributed by atoms with Crippen LogP contribution in [-0.2, 0) is 4.74 Å². The molecule has 0 aromatic heterocycles. The van der Waals surface area contributed by atoms with Gasteiger partial charge in [-0.1, -0.05) is 6.07 Å². The highest BCUT2D eigenvalue weighted by molar-refractivity contribution is 5.89. The predicted octanol–water partition coefficient (Wildman–Crippen LogP) is 2.07. The largest absolute Gasteiger partial charge is 0.491 e. The molecule has 2 N–H and O–H groups in total. The first-order valence-electron chi connectivity index (χ1n) is 5.65. The Morgan fingerprint density at radius 3 is 2.67 bits per heavy atom. The average molecular weight is 272 g/mol. The van der Waals surface area contributed by atoms with E-state index in [1.807, 2.05) is 13.0 Å². The molecule has 100 valence electrons. The molecule has 0 atom stereocenters. The summed E-state index contributed by atoms with van der Waals surface area (Å²) in [6.07, 6.45) is 2.01. The van der Waals surface area contributed by atoms with E-state index < -0.39 is 0 Å². The minimum atomic E-state index is -0.358. The molecule has 0 unspecified atom stereocenters. The zero-order valence-corrected chi connectivity index (χ0v) is 11.4. The molecule has 5 heteroatoms. The van der Waals surface area contributed by atoms with Gasteiger partial charge in [-0.15, -0.1) is 12.4 Å². The number of carbonyl (C=O) groups is 1. The van der Waals surface area contributed by atoms with E-state index in [4.69, 9.17) is 10.5 Å². The summed E-state index contributed by atoms with van der Waals surface area (Å²) >= 11 is 0. The maximum atomic E-state index is 11.4. The number of hydrogen-bond donors (Lipinski definition) is 1. The Bertz CT molecular complexity index is 444. The van der Waals surface area contributed by atoms with E-state index in [-0.39, 0.29) is 23.9 Å². The minimum absolute atomic E-state index is 0. The molecule has 1 aromatic carbocycles. The van der Waals surface area contributed by atoms with Crippen molar-refractivity contribution in [2.75, 3.05) is 13.7 Å². The van der Waals surface area contributed by atoms with E-state index >= 15 is 0 Å². The zero-order chi connectivity index (χ0) is 12.5. The number of hydrogen-bond acceptors (Lipinski definition) is 4. The minimum Gasteiger partial charge on any atom is -0.491 e. The van der Waals surface area contributed by atoms with Crippen molar-refractivity contribution in [3.05, 3.63) is 29.3 Å². The van der Waals surface area contributed by atoms with Crippen LogP contribution in [-0.4, -0.2) is 25.2 Å². The van der Waals surface area contributed by atoms with Crippen LogP contribution in [0, 0.1) is 6.92 Å². The highest BCUT2D eigenvalue weighted by Crippen LogP contribution is 2.33. The normalized spacial score (nSPS) is 15.5. The molecular weight excluding hydrogens is 254 g/mol. The molecule has 2 rings (SSSR count). The van der Waals surface area contributed by atoms with E-state index in [0.29, 0.717) is 17.9 Å². The highest BCUT2D eigenvalue weighted by atomic mass is 35.5. The number of nitrogens with two attached hydrogens (primary N) is 1. The molecule has 18 heavy (non-hydrogen) atoms. The predicted molar refractivity (Wildman–Crippen MR) is 71.4 cm³/mol. The lowest BCUT2D eigenvalue weighted by Gasteiger charge is -2.13. The SMILES string of the molecule is COC(=O)c1ccc(C)c(OCC2(N)CC2)c1.Cl. The number of rotatable bonds is 4. The van der Waals surface area contributed by atoms with E-state index in [9.17, 15) is 4.79 Å².